The van der Waals surface area contributed by atoms with E-state index in [0.717, 1.165) is 12.2 Å². The van der Waals surface area contributed by atoms with E-state index in [-0.39, 0.29) is 5.91 Å². The predicted molar refractivity (Wildman–Crippen MR) is 74.8 cm³/mol. The molecular weight excluding hydrogens is 248 g/mol. The standard InChI is InChI=1S/C14H19ClN2O/c1-14(2)7-10(14)8-16-9-13(18)17-12-5-3-11(15)4-6-12/h3-6,10,16H,7-9H2,1-2H3,(H,17,18). The molecule has 0 bridgehead atoms. The fourth-order valence-electron chi connectivity index (χ4n) is 2.02. The van der Waals surface area contributed by atoms with Crippen LogP contribution in [0.3, 0.4) is 0 Å². The van der Waals surface area contributed by atoms with Crippen LogP contribution in [0.15, 0.2) is 24.3 Å². The third-order valence-electron chi connectivity index (χ3n) is 3.52. The molecule has 0 aromatic heterocycles. The van der Waals surface area contributed by atoms with Gasteiger partial charge in [0.2, 0.25) is 5.91 Å². The van der Waals surface area contributed by atoms with Gasteiger partial charge in [-0.1, -0.05) is 25.4 Å². The molecule has 1 unspecified atom stereocenters. The molecule has 1 aromatic carbocycles. The third-order valence-corrected chi connectivity index (χ3v) is 3.77. The number of amides is 1. The largest absolute Gasteiger partial charge is 0.325 e. The molecule has 2 N–H and O–H groups in total. The van der Waals surface area contributed by atoms with E-state index >= 15 is 0 Å². The van der Waals surface area contributed by atoms with Gasteiger partial charge in [0.25, 0.3) is 0 Å². The minimum atomic E-state index is -0.0178. The second-order valence-electron chi connectivity index (χ2n) is 5.58. The van der Waals surface area contributed by atoms with Crippen molar-refractivity contribution in [1.82, 2.24) is 5.32 Å². The number of benzene rings is 1. The van der Waals surface area contributed by atoms with Crippen LogP contribution < -0.4 is 10.6 Å². The van der Waals surface area contributed by atoms with Gasteiger partial charge in [0, 0.05) is 10.7 Å². The lowest BCUT2D eigenvalue weighted by molar-refractivity contribution is -0.115. The molecule has 18 heavy (non-hydrogen) atoms. The summed E-state index contributed by atoms with van der Waals surface area (Å²) in [5.74, 6) is 0.691. The van der Waals surface area contributed by atoms with E-state index in [1.54, 1.807) is 24.3 Å². The van der Waals surface area contributed by atoms with E-state index < -0.39 is 0 Å². The van der Waals surface area contributed by atoms with Gasteiger partial charge >= 0.3 is 0 Å². The van der Waals surface area contributed by atoms with Crippen molar-refractivity contribution in [2.75, 3.05) is 18.4 Å². The molecule has 0 saturated heterocycles. The van der Waals surface area contributed by atoms with Gasteiger partial charge < -0.3 is 10.6 Å². The molecule has 1 aliphatic carbocycles. The van der Waals surface area contributed by atoms with E-state index in [4.69, 9.17) is 11.6 Å². The summed E-state index contributed by atoms with van der Waals surface area (Å²) in [6.45, 7) is 5.79. The topological polar surface area (TPSA) is 41.1 Å². The molecule has 3 nitrogen and oxygen atoms in total. The number of anilines is 1. The van der Waals surface area contributed by atoms with E-state index in [9.17, 15) is 4.79 Å². The highest BCUT2D eigenvalue weighted by Gasteiger charge is 2.44. The Hall–Kier alpha value is -1.06. The lowest BCUT2D eigenvalue weighted by Crippen LogP contribution is -2.30. The van der Waals surface area contributed by atoms with Crippen molar-refractivity contribution in [3.63, 3.8) is 0 Å². The highest BCUT2D eigenvalue weighted by Crippen LogP contribution is 2.50. The Morgan fingerprint density at radius 2 is 2.00 bits per heavy atom. The minimum absolute atomic E-state index is 0.0178. The van der Waals surface area contributed by atoms with Crippen molar-refractivity contribution < 1.29 is 4.79 Å². The number of carbonyl (C=O) groups is 1. The van der Waals surface area contributed by atoms with Crippen LogP contribution in [0, 0.1) is 11.3 Å². The van der Waals surface area contributed by atoms with Crippen LogP contribution >= 0.6 is 11.6 Å². The smallest absolute Gasteiger partial charge is 0.238 e. The van der Waals surface area contributed by atoms with Gasteiger partial charge in [-0.3, -0.25) is 4.79 Å². The van der Waals surface area contributed by atoms with Crippen molar-refractivity contribution >= 4 is 23.2 Å². The maximum atomic E-state index is 11.7. The second-order valence-corrected chi connectivity index (χ2v) is 6.01. The van der Waals surface area contributed by atoms with E-state index in [2.05, 4.69) is 24.5 Å². The molecule has 0 heterocycles. The Labute approximate surface area is 113 Å². The first kappa shape index (κ1) is 13.4. The summed E-state index contributed by atoms with van der Waals surface area (Å²) in [4.78, 5) is 11.7. The Bertz CT molecular complexity index is 428. The average molecular weight is 267 g/mol. The number of hydrogen-bond donors (Lipinski definition) is 2. The van der Waals surface area contributed by atoms with Crippen molar-refractivity contribution in [2.45, 2.75) is 20.3 Å². The molecule has 2 rings (SSSR count). The van der Waals surface area contributed by atoms with Crippen LogP contribution in [-0.2, 0) is 4.79 Å². The molecule has 1 fully saturated rings. The van der Waals surface area contributed by atoms with Crippen LogP contribution in [0.4, 0.5) is 5.69 Å². The zero-order valence-corrected chi connectivity index (χ0v) is 11.6. The zero-order chi connectivity index (χ0) is 13.2. The van der Waals surface area contributed by atoms with Crippen LogP contribution in [0.5, 0.6) is 0 Å². The van der Waals surface area contributed by atoms with E-state index in [1.165, 1.54) is 6.42 Å². The SMILES string of the molecule is CC1(C)CC1CNCC(=O)Nc1ccc(Cl)cc1. The lowest BCUT2D eigenvalue weighted by atomic mass is 10.1. The van der Waals surface area contributed by atoms with Crippen LogP contribution in [0.25, 0.3) is 0 Å². The van der Waals surface area contributed by atoms with Gasteiger partial charge in [-0.15, -0.1) is 0 Å². The summed E-state index contributed by atoms with van der Waals surface area (Å²) < 4.78 is 0. The molecular formula is C14H19ClN2O. The van der Waals surface area contributed by atoms with E-state index in [1.807, 2.05) is 0 Å². The molecule has 0 radical (unpaired) electrons. The van der Waals surface area contributed by atoms with Gasteiger partial charge in [-0.25, -0.2) is 0 Å². The normalized spacial score (nSPS) is 20.5. The Kier molecular flexibility index (Phi) is 3.93. The molecule has 1 aromatic rings. The summed E-state index contributed by atoms with van der Waals surface area (Å²) in [7, 11) is 0. The van der Waals surface area contributed by atoms with Crippen molar-refractivity contribution in [3.8, 4) is 0 Å². The summed E-state index contributed by atoms with van der Waals surface area (Å²) in [6.07, 6.45) is 1.25. The maximum absolute atomic E-state index is 11.7. The maximum Gasteiger partial charge on any atom is 0.238 e. The lowest BCUT2D eigenvalue weighted by Gasteiger charge is -2.07. The minimum Gasteiger partial charge on any atom is -0.325 e. The highest BCUT2D eigenvalue weighted by molar-refractivity contribution is 6.30. The monoisotopic (exact) mass is 266 g/mol. The summed E-state index contributed by atoms with van der Waals surface area (Å²) >= 11 is 5.78. The fourth-order valence-corrected chi connectivity index (χ4v) is 2.15. The molecule has 98 valence electrons. The molecule has 4 heteroatoms. The van der Waals surface area contributed by atoms with Crippen LogP contribution in [-0.4, -0.2) is 19.0 Å². The van der Waals surface area contributed by atoms with Gasteiger partial charge in [0.05, 0.1) is 6.54 Å². The van der Waals surface area contributed by atoms with Gasteiger partial charge in [0.1, 0.15) is 0 Å². The molecule has 1 amide bonds. The summed E-state index contributed by atoms with van der Waals surface area (Å²) in [5, 5.41) is 6.69. The zero-order valence-electron chi connectivity index (χ0n) is 10.8. The molecule has 1 atom stereocenters. The highest BCUT2D eigenvalue weighted by atomic mass is 35.5. The third kappa shape index (κ3) is 3.72. The number of nitrogens with one attached hydrogen (secondary N) is 2. The van der Waals surface area contributed by atoms with Crippen molar-refractivity contribution in [3.05, 3.63) is 29.3 Å². The predicted octanol–water partition coefficient (Wildman–Crippen LogP) is 2.91. The number of halogens is 1. The fraction of sp³-hybridized carbons (Fsp3) is 0.500. The van der Waals surface area contributed by atoms with Crippen LogP contribution in [0.2, 0.25) is 5.02 Å². The van der Waals surface area contributed by atoms with Gasteiger partial charge in [-0.2, -0.15) is 0 Å². The van der Waals surface area contributed by atoms with Crippen molar-refractivity contribution in [2.24, 2.45) is 11.3 Å². The second kappa shape index (κ2) is 5.29. The molecule has 1 saturated carbocycles. The van der Waals surface area contributed by atoms with Crippen LogP contribution in [0.1, 0.15) is 20.3 Å². The average Bonchev–Trinajstić information content (AvgIpc) is 2.90. The van der Waals surface area contributed by atoms with Gasteiger partial charge in [-0.05, 0) is 48.6 Å². The summed E-state index contributed by atoms with van der Waals surface area (Å²) in [6, 6.07) is 7.11. The van der Waals surface area contributed by atoms with Crippen molar-refractivity contribution in [1.29, 1.82) is 0 Å². The first-order valence-electron chi connectivity index (χ1n) is 6.23. The van der Waals surface area contributed by atoms with Gasteiger partial charge in [0.15, 0.2) is 0 Å². The quantitative estimate of drug-likeness (QED) is 0.860. The number of hydrogen-bond acceptors (Lipinski definition) is 2. The number of rotatable bonds is 5. The first-order valence-corrected chi connectivity index (χ1v) is 6.61. The first-order chi connectivity index (χ1) is 8.47. The summed E-state index contributed by atoms with van der Waals surface area (Å²) in [5.41, 5.74) is 1.23. The number of carbonyl (C=O) groups excluding carboxylic acids is 1. The Morgan fingerprint density at radius 1 is 1.39 bits per heavy atom. The molecule has 0 aliphatic heterocycles. The van der Waals surface area contributed by atoms with E-state index in [0.29, 0.717) is 22.9 Å². The Morgan fingerprint density at radius 3 is 2.56 bits per heavy atom. The molecule has 0 spiro atoms. The Balaban J connectivity index is 1.68. The molecule has 1 aliphatic rings.